The first kappa shape index (κ1) is 21.5. The average molecular weight is 387 g/mol. The summed E-state index contributed by atoms with van der Waals surface area (Å²) in [5, 5.41) is 6.52. The molecule has 25 heavy (non-hydrogen) atoms. The largest absolute Gasteiger partial charge is 0.493 e. The summed E-state index contributed by atoms with van der Waals surface area (Å²) in [5.74, 6) is 1.09. The highest BCUT2D eigenvalue weighted by molar-refractivity contribution is 7.80. The Morgan fingerprint density at radius 1 is 1.12 bits per heavy atom. The number of carbonyl (C=O) groups is 1. The number of rotatable bonds is 10. The zero-order valence-electron chi connectivity index (χ0n) is 15.1. The van der Waals surface area contributed by atoms with Crippen molar-refractivity contribution in [3.8, 4) is 11.5 Å². The average Bonchev–Trinajstić information content (AvgIpc) is 2.60. The standard InChI is InChI=1S/C18H27ClN2O3S/c1-4-5-6-7-8-9-17(22)21-18(25)20-12-13-10-15(23-2)16(24-3)11-14(13)19/h10-11H,4-9,12H2,1-3H3,(H2,20,21,22,25). The molecule has 0 aliphatic rings. The van der Waals surface area contributed by atoms with E-state index >= 15 is 0 Å². The lowest BCUT2D eigenvalue weighted by Crippen LogP contribution is -2.38. The lowest BCUT2D eigenvalue weighted by molar-refractivity contribution is -0.119. The Bertz CT molecular complexity index is 582. The van der Waals surface area contributed by atoms with Crippen LogP contribution in [0.15, 0.2) is 12.1 Å². The monoisotopic (exact) mass is 386 g/mol. The van der Waals surface area contributed by atoms with E-state index in [2.05, 4.69) is 17.6 Å². The fourth-order valence-corrected chi connectivity index (χ4v) is 2.74. The fraction of sp³-hybridized carbons (Fsp3) is 0.556. The number of hydrogen-bond acceptors (Lipinski definition) is 4. The molecule has 5 nitrogen and oxygen atoms in total. The van der Waals surface area contributed by atoms with E-state index in [0.717, 1.165) is 18.4 Å². The third-order valence-corrected chi connectivity index (χ3v) is 4.35. The molecule has 0 fully saturated rings. The number of hydrogen-bond donors (Lipinski definition) is 2. The lowest BCUT2D eigenvalue weighted by atomic mass is 10.1. The highest BCUT2D eigenvalue weighted by Crippen LogP contribution is 2.32. The number of halogens is 1. The number of methoxy groups -OCH3 is 2. The summed E-state index contributed by atoms with van der Waals surface area (Å²) < 4.78 is 10.5. The smallest absolute Gasteiger partial charge is 0.226 e. The van der Waals surface area contributed by atoms with Gasteiger partial charge < -0.3 is 20.1 Å². The number of thiocarbonyl (C=S) groups is 1. The fourth-order valence-electron chi connectivity index (χ4n) is 2.33. The second-order valence-corrected chi connectivity index (χ2v) is 6.51. The van der Waals surface area contributed by atoms with Gasteiger partial charge in [0.25, 0.3) is 0 Å². The van der Waals surface area contributed by atoms with Crippen molar-refractivity contribution in [3.63, 3.8) is 0 Å². The number of nitrogens with one attached hydrogen (secondary N) is 2. The van der Waals surface area contributed by atoms with Crippen LogP contribution in [-0.2, 0) is 11.3 Å². The van der Waals surface area contributed by atoms with Crippen LogP contribution in [-0.4, -0.2) is 25.2 Å². The van der Waals surface area contributed by atoms with Crippen molar-refractivity contribution in [1.29, 1.82) is 0 Å². The number of benzene rings is 1. The van der Waals surface area contributed by atoms with Crippen molar-refractivity contribution in [2.24, 2.45) is 0 Å². The lowest BCUT2D eigenvalue weighted by Gasteiger charge is -2.13. The van der Waals surface area contributed by atoms with Crippen molar-refractivity contribution >= 4 is 34.8 Å². The molecule has 2 N–H and O–H groups in total. The molecule has 0 unspecified atom stereocenters. The minimum Gasteiger partial charge on any atom is -0.493 e. The highest BCUT2D eigenvalue weighted by Gasteiger charge is 2.11. The molecule has 1 aromatic carbocycles. The van der Waals surface area contributed by atoms with E-state index in [-0.39, 0.29) is 5.91 Å². The van der Waals surface area contributed by atoms with Crippen LogP contribution in [0.5, 0.6) is 11.5 Å². The molecule has 0 saturated heterocycles. The van der Waals surface area contributed by atoms with Crippen LogP contribution in [0.25, 0.3) is 0 Å². The van der Waals surface area contributed by atoms with Crippen molar-refractivity contribution in [2.45, 2.75) is 52.0 Å². The first-order chi connectivity index (χ1) is 12.0. The van der Waals surface area contributed by atoms with Crippen LogP contribution in [0.2, 0.25) is 5.02 Å². The molecule has 1 rings (SSSR count). The van der Waals surface area contributed by atoms with Gasteiger partial charge in [0.2, 0.25) is 5.91 Å². The van der Waals surface area contributed by atoms with Gasteiger partial charge in [-0.15, -0.1) is 0 Å². The van der Waals surface area contributed by atoms with Gasteiger partial charge in [0.1, 0.15) is 0 Å². The van der Waals surface area contributed by atoms with Crippen LogP contribution < -0.4 is 20.1 Å². The first-order valence-electron chi connectivity index (χ1n) is 8.49. The van der Waals surface area contributed by atoms with Gasteiger partial charge in [0, 0.05) is 24.1 Å². The predicted molar refractivity (Wildman–Crippen MR) is 106 cm³/mol. The molecule has 140 valence electrons. The van der Waals surface area contributed by atoms with E-state index in [1.165, 1.54) is 19.3 Å². The Morgan fingerprint density at radius 3 is 2.40 bits per heavy atom. The van der Waals surface area contributed by atoms with E-state index in [4.69, 9.17) is 33.3 Å². The zero-order chi connectivity index (χ0) is 18.7. The Morgan fingerprint density at radius 2 is 1.76 bits per heavy atom. The van der Waals surface area contributed by atoms with Gasteiger partial charge in [-0.05, 0) is 30.3 Å². The molecular weight excluding hydrogens is 360 g/mol. The van der Waals surface area contributed by atoms with Gasteiger partial charge in [-0.2, -0.15) is 0 Å². The van der Waals surface area contributed by atoms with E-state index < -0.39 is 0 Å². The maximum atomic E-state index is 11.8. The quantitative estimate of drug-likeness (QED) is 0.466. The highest BCUT2D eigenvalue weighted by atomic mass is 35.5. The Labute approximate surface area is 160 Å². The number of amides is 1. The molecule has 7 heteroatoms. The van der Waals surface area contributed by atoms with Crippen LogP contribution in [0.4, 0.5) is 0 Å². The van der Waals surface area contributed by atoms with Crippen LogP contribution in [0.1, 0.15) is 51.0 Å². The molecule has 0 bridgehead atoms. The first-order valence-corrected chi connectivity index (χ1v) is 9.28. The van der Waals surface area contributed by atoms with E-state index in [1.54, 1.807) is 26.4 Å². The Kier molecular flexibility index (Phi) is 10.3. The number of unbranched alkanes of at least 4 members (excludes halogenated alkanes) is 4. The Hall–Kier alpha value is -1.53. The summed E-state index contributed by atoms with van der Waals surface area (Å²) in [6.07, 6.45) is 6.03. The predicted octanol–water partition coefficient (Wildman–Crippen LogP) is 4.21. The normalized spacial score (nSPS) is 10.2. The molecule has 0 radical (unpaired) electrons. The summed E-state index contributed by atoms with van der Waals surface area (Å²) in [7, 11) is 3.12. The molecule has 1 amide bonds. The zero-order valence-corrected chi connectivity index (χ0v) is 16.7. The van der Waals surface area contributed by atoms with Gasteiger partial charge in [-0.25, -0.2) is 0 Å². The van der Waals surface area contributed by atoms with Crippen LogP contribution in [0.3, 0.4) is 0 Å². The molecule has 0 spiro atoms. The van der Waals surface area contributed by atoms with Crippen molar-refractivity contribution in [3.05, 3.63) is 22.7 Å². The van der Waals surface area contributed by atoms with Gasteiger partial charge in [-0.3, -0.25) is 4.79 Å². The summed E-state index contributed by atoms with van der Waals surface area (Å²) in [5.41, 5.74) is 0.801. The molecule has 0 aromatic heterocycles. The third kappa shape index (κ3) is 7.92. The molecule has 0 heterocycles. The third-order valence-electron chi connectivity index (χ3n) is 3.75. The summed E-state index contributed by atoms with van der Waals surface area (Å²) in [6, 6.07) is 3.47. The van der Waals surface area contributed by atoms with Gasteiger partial charge in [0.05, 0.1) is 14.2 Å². The Balaban J connectivity index is 2.42. The van der Waals surface area contributed by atoms with Crippen LogP contribution in [0, 0.1) is 0 Å². The summed E-state index contributed by atoms with van der Waals surface area (Å²) >= 11 is 11.4. The van der Waals surface area contributed by atoms with Crippen LogP contribution >= 0.6 is 23.8 Å². The van der Waals surface area contributed by atoms with Crippen molar-refractivity contribution < 1.29 is 14.3 Å². The van der Waals surface area contributed by atoms with Crippen molar-refractivity contribution in [1.82, 2.24) is 10.6 Å². The molecular formula is C18H27ClN2O3S. The topological polar surface area (TPSA) is 59.6 Å². The summed E-state index contributed by atoms with van der Waals surface area (Å²) in [4.78, 5) is 11.8. The van der Waals surface area contributed by atoms with Gasteiger partial charge >= 0.3 is 0 Å². The maximum Gasteiger partial charge on any atom is 0.226 e. The number of carbonyl (C=O) groups excluding carboxylic acids is 1. The number of ether oxygens (including phenoxy) is 2. The molecule has 0 aliphatic heterocycles. The SMILES string of the molecule is CCCCCCCC(=O)NC(=S)NCc1cc(OC)c(OC)cc1Cl. The van der Waals surface area contributed by atoms with E-state index in [1.807, 2.05) is 0 Å². The molecule has 1 aromatic rings. The summed E-state index contributed by atoms with van der Waals surface area (Å²) in [6.45, 7) is 2.55. The van der Waals surface area contributed by atoms with Gasteiger partial charge in [0.15, 0.2) is 16.6 Å². The minimum atomic E-state index is -0.0626. The van der Waals surface area contributed by atoms with Crippen molar-refractivity contribution in [2.75, 3.05) is 14.2 Å². The minimum absolute atomic E-state index is 0.0626. The maximum absolute atomic E-state index is 11.8. The van der Waals surface area contributed by atoms with E-state index in [9.17, 15) is 4.79 Å². The van der Waals surface area contributed by atoms with Gasteiger partial charge in [-0.1, -0.05) is 44.2 Å². The molecule has 0 aliphatic carbocycles. The molecule has 0 saturated carbocycles. The second kappa shape index (κ2) is 11.9. The van der Waals surface area contributed by atoms with E-state index in [0.29, 0.717) is 34.6 Å². The second-order valence-electron chi connectivity index (χ2n) is 5.69. The molecule has 0 atom stereocenters.